The van der Waals surface area contributed by atoms with Gasteiger partial charge in [0.1, 0.15) is 5.75 Å². The Morgan fingerprint density at radius 1 is 1.11 bits per heavy atom. The van der Waals surface area contributed by atoms with E-state index in [1.165, 1.54) is 0 Å². The SMILES string of the molecule is COc1ccccc1C(=O)NCC(c1ccc(Cl)cc1)N1CCN(C)CC1.Cl. The smallest absolute Gasteiger partial charge is 0.255 e. The second-order valence-electron chi connectivity index (χ2n) is 6.82. The highest BCUT2D eigenvalue weighted by atomic mass is 35.5. The Balaban J connectivity index is 0.00000280. The van der Waals surface area contributed by atoms with Crippen LogP contribution < -0.4 is 10.1 Å². The molecule has 152 valence electrons. The Hall–Kier alpha value is -1.79. The number of carbonyl (C=O) groups is 1. The van der Waals surface area contributed by atoms with Crippen molar-refractivity contribution in [3.63, 3.8) is 0 Å². The number of methoxy groups -OCH3 is 1. The number of benzene rings is 2. The molecular formula is C21H27Cl2N3O2. The predicted octanol–water partition coefficient (Wildman–Crippen LogP) is 3.49. The molecule has 0 aliphatic carbocycles. The number of rotatable bonds is 6. The van der Waals surface area contributed by atoms with Crippen LogP contribution in [0.4, 0.5) is 0 Å². The second-order valence-corrected chi connectivity index (χ2v) is 7.25. The quantitative estimate of drug-likeness (QED) is 0.771. The van der Waals surface area contributed by atoms with Gasteiger partial charge in [0.25, 0.3) is 5.91 Å². The molecule has 0 aromatic heterocycles. The van der Waals surface area contributed by atoms with Crippen LogP contribution in [0.5, 0.6) is 5.75 Å². The number of nitrogens with one attached hydrogen (secondary N) is 1. The van der Waals surface area contributed by atoms with Crippen LogP contribution in [0.2, 0.25) is 5.02 Å². The Kier molecular flexibility index (Phi) is 8.58. The predicted molar refractivity (Wildman–Crippen MR) is 116 cm³/mol. The molecule has 2 aromatic carbocycles. The summed E-state index contributed by atoms with van der Waals surface area (Å²) < 4.78 is 5.31. The van der Waals surface area contributed by atoms with Crippen molar-refractivity contribution in [3.8, 4) is 5.75 Å². The number of para-hydroxylation sites is 1. The summed E-state index contributed by atoms with van der Waals surface area (Å²) in [6.07, 6.45) is 0. The monoisotopic (exact) mass is 423 g/mol. The van der Waals surface area contributed by atoms with Gasteiger partial charge in [0.15, 0.2) is 0 Å². The lowest BCUT2D eigenvalue weighted by molar-refractivity contribution is 0.0883. The fourth-order valence-corrected chi connectivity index (χ4v) is 3.52. The van der Waals surface area contributed by atoms with Gasteiger partial charge in [-0.3, -0.25) is 9.69 Å². The molecule has 1 aliphatic heterocycles. The first kappa shape index (κ1) is 22.5. The third-order valence-corrected chi connectivity index (χ3v) is 5.29. The van der Waals surface area contributed by atoms with Crippen LogP contribution in [0.1, 0.15) is 22.0 Å². The van der Waals surface area contributed by atoms with Crippen molar-refractivity contribution in [1.82, 2.24) is 15.1 Å². The summed E-state index contributed by atoms with van der Waals surface area (Å²) in [4.78, 5) is 17.5. The molecule has 5 nitrogen and oxygen atoms in total. The van der Waals surface area contributed by atoms with Gasteiger partial charge in [-0.05, 0) is 36.9 Å². The van der Waals surface area contributed by atoms with E-state index in [1.807, 2.05) is 36.4 Å². The normalized spacial score (nSPS) is 16.1. The van der Waals surface area contributed by atoms with Crippen molar-refractivity contribution < 1.29 is 9.53 Å². The van der Waals surface area contributed by atoms with Crippen LogP contribution in [0.3, 0.4) is 0 Å². The van der Waals surface area contributed by atoms with Crippen LogP contribution in [-0.2, 0) is 0 Å². The van der Waals surface area contributed by atoms with Crippen molar-refractivity contribution in [1.29, 1.82) is 0 Å². The van der Waals surface area contributed by atoms with E-state index in [-0.39, 0.29) is 24.4 Å². The number of nitrogens with zero attached hydrogens (tertiary/aromatic N) is 2. The van der Waals surface area contributed by atoms with Gasteiger partial charge in [-0.1, -0.05) is 35.9 Å². The minimum atomic E-state index is -0.124. The van der Waals surface area contributed by atoms with E-state index in [0.717, 1.165) is 31.7 Å². The van der Waals surface area contributed by atoms with Gasteiger partial charge in [-0.2, -0.15) is 0 Å². The third kappa shape index (κ3) is 5.61. The lowest BCUT2D eigenvalue weighted by atomic mass is 10.0. The zero-order chi connectivity index (χ0) is 19.2. The molecule has 1 amide bonds. The maximum atomic E-state index is 12.7. The van der Waals surface area contributed by atoms with Crippen LogP contribution in [-0.4, -0.2) is 62.6 Å². The van der Waals surface area contributed by atoms with Crippen molar-refractivity contribution in [2.24, 2.45) is 0 Å². The molecule has 1 fully saturated rings. The van der Waals surface area contributed by atoms with Crippen molar-refractivity contribution in [2.45, 2.75) is 6.04 Å². The molecule has 1 heterocycles. The average molecular weight is 424 g/mol. The first-order chi connectivity index (χ1) is 13.1. The summed E-state index contributed by atoms with van der Waals surface area (Å²) in [7, 11) is 3.71. The van der Waals surface area contributed by atoms with Gasteiger partial charge < -0.3 is 15.0 Å². The fraction of sp³-hybridized carbons (Fsp3) is 0.381. The number of amides is 1. The van der Waals surface area contributed by atoms with Crippen LogP contribution in [0.15, 0.2) is 48.5 Å². The summed E-state index contributed by atoms with van der Waals surface area (Å²) in [5, 5.41) is 3.80. The van der Waals surface area contributed by atoms with Gasteiger partial charge in [0.2, 0.25) is 0 Å². The highest BCUT2D eigenvalue weighted by molar-refractivity contribution is 6.30. The molecule has 1 atom stereocenters. The largest absolute Gasteiger partial charge is 0.496 e. The standard InChI is InChI=1S/C21H26ClN3O2.ClH/c1-24-11-13-25(14-12-24)19(16-7-9-17(22)10-8-16)15-23-21(26)18-5-3-4-6-20(18)27-2;/h3-10,19H,11-15H2,1-2H3,(H,23,26);1H. The third-order valence-electron chi connectivity index (χ3n) is 5.04. The zero-order valence-electron chi connectivity index (χ0n) is 16.2. The molecule has 0 radical (unpaired) electrons. The van der Waals surface area contributed by atoms with Crippen LogP contribution in [0, 0.1) is 0 Å². The van der Waals surface area contributed by atoms with E-state index in [0.29, 0.717) is 22.9 Å². The first-order valence-corrected chi connectivity index (χ1v) is 9.55. The van der Waals surface area contributed by atoms with Crippen LogP contribution in [0.25, 0.3) is 0 Å². The van der Waals surface area contributed by atoms with Crippen LogP contribution >= 0.6 is 24.0 Å². The van der Waals surface area contributed by atoms with Gasteiger partial charge >= 0.3 is 0 Å². The molecule has 0 saturated carbocycles. The van der Waals surface area contributed by atoms with Gasteiger partial charge in [-0.25, -0.2) is 0 Å². The molecule has 0 spiro atoms. The number of piperazine rings is 1. The summed E-state index contributed by atoms with van der Waals surface area (Å²) >= 11 is 6.06. The molecule has 0 bridgehead atoms. The van der Waals surface area contributed by atoms with Gasteiger partial charge in [0, 0.05) is 37.7 Å². The van der Waals surface area contributed by atoms with E-state index < -0.39 is 0 Å². The van der Waals surface area contributed by atoms with Crippen molar-refractivity contribution in [2.75, 3.05) is 46.9 Å². The molecule has 3 rings (SSSR count). The lowest BCUT2D eigenvalue weighted by Crippen LogP contribution is -2.48. The highest BCUT2D eigenvalue weighted by Crippen LogP contribution is 2.24. The Morgan fingerprint density at radius 2 is 1.75 bits per heavy atom. The number of halogens is 2. The summed E-state index contributed by atoms with van der Waals surface area (Å²) in [5.74, 6) is 0.457. The van der Waals surface area contributed by atoms with Gasteiger partial charge in [-0.15, -0.1) is 12.4 Å². The molecule has 1 N–H and O–H groups in total. The fourth-order valence-electron chi connectivity index (χ4n) is 3.39. The maximum Gasteiger partial charge on any atom is 0.255 e. The topological polar surface area (TPSA) is 44.8 Å². The van der Waals surface area contributed by atoms with Gasteiger partial charge in [0.05, 0.1) is 18.7 Å². The second kappa shape index (κ2) is 10.7. The molecular weight excluding hydrogens is 397 g/mol. The Bertz CT molecular complexity index is 763. The summed E-state index contributed by atoms with van der Waals surface area (Å²) in [6, 6.07) is 15.3. The van der Waals surface area contributed by atoms with Crippen molar-refractivity contribution in [3.05, 3.63) is 64.7 Å². The molecule has 1 saturated heterocycles. The first-order valence-electron chi connectivity index (χ1n) is 9.17. The molecule has 7 heteroatoms. The van der Waals surface area contributed by atoms with E-state index >= 15 is 0 Å². The lowest BCUT2D eigenvalue weighted by Gasteiger charge is -2.38. The molecule has 1 aliphatic rings. The number of hydrogen-bond acceptors (Lipinski definition) is 4. The molecule has 2 aromatic rings. The number of ether oxygens (including phenoxy) is 1. The number of likely N-dealkylation sites (N-methyl/N-ethyl adjacent to an activating group) is 1. The summed E-state index contributed by atoms with van der Waals surface area (Å²) in [6.45, 7) is 4.50. The molecule has 1 unspecified atom stereocenters. The Labute approximate surface area is 178 Å². The number of hydrogen-bond donors (Lipinski definition) is 1. The highest BCUT2D eigenvalue weighted by Gasteiger charge is 2.25. The maximum absolute atomic E-state index is 12.7. The summed E-state index contributed by atoms with van der Waals surface area (Å²) in [5.41, 5.74) is 1.71. The van der Waals surface area contributed by atoms with E-state index in [9.17, 15) is 4.79 Å². The Morgan fingerprint density at radius 3 is 2.39 bits per heavy atom. The zero-order valence-corrected chi connectivity index (χ0v) is 17.8. The van der Waals surface area contributed by atoms with E-state index in [1.54, 1.807) is 19.2 Å². The molecule has 28 heavy (non-hydrogen) atoms. The van der Waals surface area contributed by atoms with E-state index in [4.69, 9.17) is 16.3 Å². The average Bonchev–Trinajstić information content (AvgIpc) is 2.70. The number of carbonyl (C=O) groups excluding carboxylic acids is 1. The minimum Gasteiger partial charge on any atom is -0.496 e. The van der Waals surface area contributed by atoms with Crippen molar-refractivity contribution >= 4 is 29.9 Å². The van der Waals surface area contributed by atoms with E-state index in [2.05, 4.69) is 22.2 Å². The minimum absolute atomic E-state index is 0.